The number of pyridine rings is 1. The molecule has 1 aliphatic heterocycles. The average Bonchev–Trinajstić information content (AvgIpc) is 3.14. The van der Waals surface area contributed by atoms with Crippen LogP contribution in [-0.4, -0.2) is 45.0 Å². The monoisotopic (exact) mass is 365 g/mol. The van der Waals surface area contributed by atoms with Crippen molar-refractivity contribution in [2.24, 2.45) is 7.05 Å². The van der Waals surface area contributed by atoms with Crippen LogP contribution in [0.25, 0.3) is 11.5 Å². The third-order valence-electron chi connectivity index (χ3n) is 4.69. The Labute approximate surface area is 158 Å². The highest BCUT2D eigenvalue weighted by Gasteiger charge is 2.22. The Morgan fingerprint density at radius 3 is 2.93 bits per heavy atom. The molecule has 4 rings (SSSR count). The molecule has 0 aliphatic carbocycles. The third kappa shape index (κ3) is 3.67. The highest BCUT2D eigenvalue weighted by atomic mass is 16.5. The van der Waals surface area contributed by atoms with Gasteiger partial charge in [0, 0.05) is 38.7 Å². The van der Waals surface area contributed by atoms with Crippen LogP contribution < -0.4 is 10.6 Å². The van der Waals surface area contributed by atoms with Gasteiger partial charge in [-0.05, 0) is 31.2 Å². The highest BCUT2D eigenvalue weighted by Crippen LogP contribution is 2.27. The van der Waals surface area contributed by atoms with Crippen LogP contribution in [0.15, 0.2) is 36.7 Å². The second kappa shape index (κ2) is 7.81. The van der Waals surface area contributed by atoms with Crippen LogP contribution in [0.1, 0.15) is 23.0 Å². The predicted molar refractivity (Wildman–Crippen MR) is 102 cm³/mol. The van der Waals surface area contributed by atoms with E-state index in [9.17, 15) is 0 Å². The van der Waals surface area contributed by atoms with E-state index in [0.29, 0.717) is 12.4 Å². The summed E-state index contributed by atoms with van der Waals surface area (Å²) in [5.74, 6) is 1.46. The topological polar surface area (TPSA) is 89.8 Å². The lowest BCUT2D eigenvalue weighted by Gasteiger charge is -2.24. The van der Waals surface area contributed by atoms with Crippen LogP contribution in [0.4, 0.5) is 5.82 Å². The van der Waals surface area contributed by atoms with E-state index < -0.39 is 0 Å². The number of anilines is 1. The molecule has 0 aromatic carbocycles. The maximum atomic E-state index is 5.44. The summed E-state index contributed by atoms with van der Waals surface area (Å²) in [5, 5.41) is 11.2. The summed E-state index contributed by atoms with van der Waals surface area (Å²) < 4.78 is 7.29. The molecule has 0 saturated heterocycles. The normalized spacial score (nSPS) is 14.6. The minimum absolute atomic E-state index is 0.0621. The van der Waals surface area contributed by atoms with E-state index in [1.807, 2.05) is 36.0 Å². The van der Waals surface area contributed by atoms with Crippen molar-refractivity contribution >= 4 is 5.82 Å². The number of fused-ring (bicyclic) bond motifs is 1. The Morgan fingerprint density at radius 2 is 2.19 bits per heavy atom. The van der Waals surface area contributed by atoms with Gasteiger partial charge in [-0.15, -0.1) is 0 Å². The summed E-state index contributed by atoms with van der Waals surface area (Å²) in [6.07, 6.45) is 4.43. The standard InChI is InChI=1S/C19H23N7O/c1-26-17(7-10-22-26)16(12-27-2)24-18-13-6-9-20-11-15(13)23-19(25-18)14-5-3-4-8-21-14/h3-5,7-8,10,16,20H,6,9,11-12H2,1-2H3,(H,23,24,25). The van der Waals surface area contributed by atoms with E-state index in [0.717, 1.165) is 48.0 Å². The van der Waals surface area contributed by atoms with E-state index >= 15 is 0 Å². The minimum Gasteiger partial charge on any atom is -0.382 e. The Morgan fingerprint density at radius 1 is 1.26 bits per heavy atom. The molecular formula is C19H23N7O. The summed E-state index contributed by atoms with van der Waals surface area (Å²) in [5.41, 5.74) is 3.97. The molecule has 4 heterocycles. The zero-order valence-electron chi connectivity index (χ0n) is 15.5. The number of nitrogens with one attached hydrogen (secondary N) is 2. The summed E-state index contributed by atoms with van der Waals surface area (Å²) in [7, 11) is 3.63. The first kappa shape index (κ1) is 17.6. The summed E-state index contributed by atoms with van der Waals surface area (Å²) >= 11 is 0. The van der Waals surface area contributed by atoms with Crippen molar-refractivity contribution < 1.29 is 4.74 Å². The molecule has 3 aromatic rings. The first-order chi connectivity index (χ1) is 13.3. The van der Waals surface area contributed by atoms with E-state index in [1.54, 1.807) is 19.5 Å². The molecule has 0 amide bonds. The SMILES string of the molecule is COCC(Nc1nc(-c2ccccn2)nc2c1CCNC2)c1ccnn1C. The Balaban J connectivity index is 1.75. The van der Waals surface area contributed by atoms with Crippen LogP contribution in [0, 0.1) is 0 Å². The van der Waals surface area contributed by atoms with E-state index in [1.165, 1.54) is 0 Å². The molecule has 0 saturated carbocycles. The van der Waals surface area contributed by atoms with Crippen molar-refractivity contribution in [1.82, 2.24) is 30.0 Å². The van der Waals surface area contributed by atoms with E-state index in [2.05, 4.69) is 20.7 Å². The molecule has 1 atom stereocenters. The van der Waals surface area contributed by atoms with Crippen molar-refractivity contribution in [3.63, 3.8) is 0 Å². The molecule has 140 valence electrons. The third-order valence-corrected chi connectivity index (χ3v) is 4.69. The van der Waals surface area contributed by atoms with E-state index in [4.69, 9.17) is 14.7 Å². The van der Waals surface area contributed by atoms with Gasteiger partial charge in [0.1, 0.15) is 11.5 Å². The zero-order chi connectivity index (χ0) is 18.6. The van der Waals surface area contributed by atoms with Gasteiger partial charge in [-0.25, -0.2) is 9.97 Å². The van der Waals surface area contributed by atoms with Gasteiger partial charge in [0.2, 0.25) is 0 Å². The molecule has 27 heavy (non-hydrogen) atoms. The molecule has 0 bridgehead atoms. The maximum absolute atomic E-state index is 5.44. The molecule has 1 unspecified atom stereocenters. The molecule has 0 spiro atoms. The van der Waals surface area contributed by atoms with Gasteiger partial charge in [0.15, 0.2) is 5.82 Å². The number of aryl methyl sites for hydroxylation is 1. The van der Waals surface area contributed by atoms with Crippen LogP contribution >= 0.6 is 0 Å². The number of methoxy groups -OCH3 is 1. The number of hydrogen-bond donors (Lipinski definition) is 2. The fourth-order valence-electron chi connectivity index (χ4n) is 3.35. The summed E-state index contributed by atoms with van der Waals surface area (Å²) in [6, 6.07) is 7.69. The summed E-state index contributed by atoms with van der Waals surface area (Å²) in [4.78, 5) is 14.0. The summed E-state index contributed by atoms with van der Waals surface area (Å²) in [6.45, 7) is 2.15. The van der Waals surface area contributed by atoms with Crippen LogP contribution in [0.2, 0.25) is 0 Å². The second-order valence-electron chi connectivity index (χ2n) is 6.49. The van der Waals surface area contributed by atoms with Crippen molar-refractivity contribution in [2.75, 3.05) is 25.6 Å². The van der Waals surface area contributed by atoms with Gasteiger partial charge in [0.25, 0.3) is 0 Å². The van der Waals surface area contributed by atoms with E-state index in [-0.39, 0.29) is 6.04 Å². The van der Waals surface area contributed by atoms with Crippen molar-refractivity contribution in [3.05, 3.63) is 53.6 Å². The van der Waals surface area contributed by atoms with Crippen LogP contribution in [0.3, 0.4) is 0 Å². The number of ether oxygens (including phenoxy) is 1. The molecule has 3 aromatic heterocycles. The smallest absolute Gasteiger partial charge is 0.180 e. The number of aromatic nitrogens is 5. The fourth-order valence-corrected chi connectivity index (χ4v) is 3.35. The lowest BCUT2D eigenvalue weighted by Crippen LogP contribution is -2.28. The van der Waals surface area contributed by atoms with Crippen molar-refractivity contribution in [3.8, 4) is 11.5 Å². The highest BCUT2D eigenvalue weighted by molar-refractivity contribution is 5.57. The first-order valence-corrected chi connectivity index (χ1v) is 9.01. The quantitative estimate of drug-likeness (QED) is 0.687. The molecule has 1 aliphatic rings. The predicted octanol–water partition coefficient (Wildman–Crippen LogP) is 1.72. The van der Waals surface area contributed by atoms with Gasteiger partial charge >= 0.3 is 0 Å². The van der Waals surface area contributed by atoms with Gasteiger partial charge in [-0.1, -0.05) is 6.07 Å². The first-order valence-electron chi connectivity index (χ1n) is 9.01. The molecule has 2 N–H and O–H groups in total. The number of nitrogens with zero attached hydrogens (tertiary/aromatic N) is 5. The lowest BCUT2D eigenvalue weighted by atomic mass is 10.1. The molecule has 0 fully saturated rings. The number of rotatable bonds is 6. The molecule has 8 nitrogen and oxygen atoms in total. The minimum atomic E-state index is -0.0621. The second-order valence-corrected chi connectivity index (χ2v) is 6.49. The fraction of sp³-hybridized carbons (Fsp3) is 0.368. The molecule has 0 radical (unpaired) electrons. The van der Waals surface area contributed by atoms with Gasteiger partial charge in [-0.2, -0.15) is 5.10 Å². The molecular weight excluding hydrogens is 342 g/mol. The van der Waals surface area contributed by atoms with Crippen LogP contribution in [-0.2, 0) is 24.8 Å². The maximum Gasteiger partial charge on any atom is 0.180 e. The van der Waals surface area contributed by atoms with Crippen molar-refractivity contribution in [1.29, 1.82) is 0 Å². The largest absolute Gasteiger partial charge is 0.382 e. The van der Waals surface area contributed by atoms with Gasteiger partial charge in [0.05, 0.1) is 24.0 Å². The zero-order valence-corrected chi connectivity index (χ0v) is 15.5. The Kier molecular flexibility index (Phi) is 5.08. The van der Waals surface area contributed by atoms with Crippen molar-refractivity contribution in [2.45, 2.75) is 19.0 Å². The molecule has 8 heteroatoms. The van der Waals surface area contributed by atoms with Gasteiger partial charge < -0.3 is 15.4 Å². The Hall–Kier alpha value is -2.84. The van der Waals surface area contributed by atoms with Crippen LogP contribution in [0.5, 0.6) is 0 Å². The average molecular weight is 365 g/mol. The lowest BCUT2D eigenvalue weighted by molar-refractivity contribution is 0.184. The van der Waals surface area contributed by atoms with Gasteiger partial charge in [-0.3, -0.25) is 9.67 Å². The Bertz CT molecular complexity index is 910. The number of hydrogen-bond acceptors (Lipinski definition) is 7.